The largest absolute Gasteiger partial charge is 0.462 e. The van der Waals surface area contributed by atoms with Gasteiger partial charge >= 0.3 is 5.97 Å². The monoisotopic (exact) mass is 419 g/mol. The Bertz CT molecular complexity index is 967. The van der Waals surface area contributed by atoms with E-state index in [4.69, 9.17) is 4.74 Å². The van der Waals surface area contributed by atoms with E-state index in [1.54, 1.807) is 24.3 Å². The zero-order valence-corrected chi connectivity index (χ0v) is 18.3. The standard InChI is InChI=1S/C25H29N3O3/c1-4-7-15-31-25(30)21-13-8-9-14-22(21)27-17-20(16-26)24(29)28-23-18(5-2)11-10-12-19(23)6-3/h8-14,17,27H,4-7,15H2,1-3H3,(H,28,29)/b20-17-. The minimum Gasteiger partial charge on any atom is -0.462 e. The summed E-state index contributed by atoms with van der Waals surface area (Å²) in [6.07, 6.45) is 4.56. The molecule has 0 aliphatic carbocycles. The summed E-state index contributed by atoms with van der Waals surface area (Å²) in [7, 11) is 0. The number of aryl methyl sites for hydroxylation is 2. The number of hydrogen-bond donors (Lipinski definition) is 2. The summed E-state index contributed by atoms with van der Waals surface area (Å²) in [6.45, 7) is 6.40. The Morgan fingerprint density at radius 3 is 2.32 bits per heavy atom. The highest BCUT2D eigenvalue weighted by molar-refractivity contribution is 6.07. The fraction of sp³-hybridized carbons (Fsp3) is 0.320. The van der Waals surface area contributed by atoms with Gasteiger partial charge in [-0.2, -0.15) is 5.26 Å². The summed E-state index contributed by atoms with van der Waals surface area (Å²) in [5, 5.41) is 15.3. The van der Waals surface area contributed by atoms with Gasteiger partial charge in [-0.25, -0.2) is 4.79 Å². The molecule has 31 heavy (non-hydrogen) atoms. The van der Waals surface area contributed by atoms with Crippen molar-refractivity contribution in [2.24, 2.45) is 0 Å². The quantitative estimate of drug-likeness (QED) is 0.238. The van der Waals surface area contributed by atoms with E-state index in [1.165, 1.54) is 6.20 Å². The molecule has 0 atom stereocenters. The second-order valence-electron chi connectivity index (χ2n) is 6.96. The number of unbranched alkanes of at least 4 members (excludes halogenated alkanes) is 1. The molecule has 0 aliphatic rings. The highest BCUT2D eigenvalue weighted by Crippen LogP contribution is 2.23. The van der Waals surface area contributed by atoms with E-state index in [1.807, 2.05) is 45.0 Å². The van der Waals surface area contributed by atoms with Crippen LogP contribution in [0, 0.1) is 11.3 Å². The molecule has 162 valence electrons. The van der Waals surface area contributed by atoms with Crippen LogP contribution in [0.25, 0.3) is 0 Å². The molecule has 6 heteroatoms. The molecule has 2 N–H and O–H groups in total. The van der Waals surface area contributed by atoms with Crippen LogP contribution in [0.1, 0.15) is 55.1 Å². The molecule has 6 nitrogen and oxygen atoms in total. The molecular formula is C25H29N3O3. The molecule has 2 rings (SSSR count). The van der Waals surface area contributed by atoms with Gasteiger partial charge in [0.1, 0.15) is 11.6 Å². The number of carbonyl (C=O) groups is 2. The molecule has 0 aliphatic heterocycles. The van der Waals surface area contributed by atoms with Crippen LogP contribution in [0.15, 0.2) is 54.2 Å². The van der Waals surface area contributed by atoms with E-state index in [9.17, 15) is 14.9 Å². The number of rotatable bonds is 10. The number of ether oxygens (including phenoxy) is 1. The molecule has 0 heterocycles. The lowest BCUT2D eigenvalue weighted by Gasteiger charge is -2.14. The normalized spacial score (nSPS) is 10.8. The van der Waals surface area contributed by atoms with Crippen molar-refractivity contribution >= 4 is 23.3 Å². The minimum absolute atomic E-state index is 0.0953. The number of benzene rings is 2. The number of anilines is 2. The number of amides is 1. The molecule has 0 bridgehead atoms. The Morgan fingerprint density at radius 2 is 1.71 bits per heavy atom. The molecule has 0 saturated heterocycles. The van der Waals surface area contributed by atoms with Crippen LogP contribution < -0.4 is 10.6 Å². The van der Waals surface area contributed by atoms with Crippen LogP contribution in [0.5, 0.6) is 0 Å². The van der Waals surface area contributed by atoms with Crippen LogP contribution in [-0.2, 0) is 22.4 Å². The summed E-state index contributed by atoms with van der Waals surface area (Å²) in [5.41, 5.74) is 3.49. The van der Waals surface area contributed by atoms with Crippen LogP contribution in [-0.4, -0.2) is 18.5 Å². The Labute approximate surface area is 183 Å². The van der Waals surface area contributed by atoms with Crippen molar-refractivity contribution in [1.82, 2.24) is 0 Å². The smallest absolute Gasteiger partial charge is 0.340 e. The van der Waals surface area contributed by atoms with E-state index < -0.39 is 11.9 Å². The Kier molecular flexibility index (Phi) is 9.31. The number of esters is 1. The Hall–Kier alpha value is -3.59. The number of nitrogens with one attached hydrogen (secondary N) is 2. The van der Waals surface area contributed by atoms with Crippen LogP contribution >= 0.6 is 0 Å². The topological polar surface area (TPSA) is 91.2 Å². The van der Waals surface area contributed by atoms with Gasteiger partial charge in [-0.15, -0.1) is 0 Å². The van der Waals surface area contributed by atoms with E-state index in [-0.39, 0.29) is 5.57 Å². The lowest BCUT2D eigenvalue weighted by Crippen LogP contribution is -2.17. The van der Waals surface area contributed by atoms with Crippen molar-refractivity contribution in [3.8, 4) is 6.07 Å². The summed E-state index contributed by atoms with van der Waals surface area (Å²) in [4.78, 5) is 25.1. The molecule has 0 saturated carbocycles. The van der Waals surface area contributed by atoms with Crippen molar-refractivity contribution in [2.45, 2.75) is 46.5 Å². The maximum Gasteiger partial charge on any atom is 0.340 e. The van der Waals surface area contributed by atoms with Crippen LogP contribution in [0.2, 0.25) is 0 Å². The zero-order valence-electron chi connectivity index (χ0n) is 18.3. The SMILES string of the molecule is CCCCOC(=O)c1ccccc1N/C=C(/C#N)C(=O)Nc1c(CC)cccc1CC. The molecule has 0 fully saturated rings. The van der Waals surface area contributed by atoms with Gasteiger partial charge < -0.3 is 15.4 Å². The zero-order chi connectivity index (χ0) is 22.6. The average molecular weight is 420 g/mol. The Balaban J connectivity index is 2.20. The number of para-hydroxylation sites is 2. The van der Waals surface area contributed by atoms with Crippen molar-refractivity contribution < 1.29 is 14.3 Å². The summed E-state index contributed by atoms with van der Waals surface area (Å²) < 4.78 is 5.28. The molecule has 0 aromatic heterocycles. The van der Waals surface area contributed by atoms with Gasteiger partial charge in [0.2, 0.25) is 0 Å². The van der Waals surface area contributed by atoms with E-state index in [0.29, 0.717) is 17.9 Å². The lowest BCUT2D eigenvalue weighted by atomic mass is 10.0. The molecule has 0 unspecified atom stereocenters. The predicted molar refractivity (Wildman–Crippen MR) is 123 cm³/mol. The van der Waals surface area contributed by atoms with Gasteiger partial charge in [-0.05, 0) is 42.5 Å². The third-order valence-corrected chi connectivity index (χ3v) is 4.85. The first kappa shape index (κ1) is 23.7. The number of nitriles is 1. The lowest BCUT2D eigenvalue weighted by molar-refractivity contribution is -0.112. The second kappa shape index (κ2) is 12.2. The van der Waals surface area contributed by atoms with Crippen molar-refractivity contribution in [2.75, 3.05) is 17.2 Å². The highest BCUT2D eigenvalue weighted by atomic mass is 16.5. The molecule has 0 spiro atoms. The summed E-state index contributed by atoms with van der Waals surface area (Å²) in [5.74, 6) is -0.953. The maximum atomic E-state index is 12.8. The number of nitrogens with zero attached hydrogens (tertiary/aromatic N) is 1. The van der Waals surface area contributed by atoms with E-state index in [2.05, 4.69) is 10.6 Å². The van der Waals surface area contributed by atoms with Crippen LogP contribution in [0.3, 0.4) is 0 Å². The van der Waals surface area contributed by atoms with Crippen molar-refractivity contribution in [1.29, 1.82) is 5.26 Å². The fourth-order valence-electron chi connectivity index (χ4n) is 3.06. The molecular weight excluding hydrogens is 390 g/mol. The van der Waals surface area contributed by atoms with E-state index in [0.717, 1.165) is 42.5 Å². The van der Waals surface area contributed by atoms with Gasteiger partial charge in [0.05, 0.1) is 17.9 Å². The third-order valence-electron chi connectivity index (χ3n) is 4.85. The van der Waals surface area contributed by atoms with Crippen molar-refractivity contribution in [3.63, 3.8) is 0 Å². The van der Waals surface area contributed by atoms with Gasteiger partial charge in [0.25, 0.3) is 5.91 Å². The first-order valence-corrected chi connectivity index (χ1v) is 10.6. The van der Waals surface area contributed by atoms with Crippen LogP contribution in [0.4, 0.5) is 11.4 Å². The Morgan fingerprint density at radius 1 is 1.03 bits per heavy atom. The number of hydrogen-bond acceptors (Lipinski definition) is 5. The summed E-state index contributed by atoms with van der Waals surface area (Å²) >= 11 is 0. The van der Waals surface area contributed by atoms with Gasteiger partial charge in [-0.3, -0.25) is 4.79 Å². The van der Waals surface area contributed by atoms with Gasteiger partial charge in [0.15, 0.2) is 0 Å². The summed E-state index contributed by atoms with van der Waals surface area (Å²) in [6, 6.07) is 14.6. The highest BCUT2D eigenvalue weighted by Gasteiger charge is 2.15. The fourth-order valence-corrected chi connectivity index (χ4v) is 3.06. The number of carbonyl (C=O) groups excluding carboxylic acids is 2. The van der Waals surface area contributed by atoms with Crippen molar-refractivity contribution in [3.05, 3.63) is 70.9 Å². The minimum atomic E-state index is -0.506. The molecule has 0 radical (unpaired) electrons. The molecule has 2 aromatic carbocycles. The third kappa shape index (κ3) is 6.45. The van der Waals surface area contributed by atoms with Gasteiger partial charge in [0, 0.05) is 11.9 Å². The second-order valence-corrected chi connectivity index (χ2v) is 6.96. The maximum absolute atomic E-state index is 12.8. The van der Waals surface area contributed by atoms with E-state index >= 15 is 0 Å². The first-order chi connectivity index (χ1) is 15.0. The molecule has 2 aromatic rings. The predicted octanol–water partition coefficient (Wildman–Crippen LogP) is 5.23. The molecule has 1 amide bonds. The average Bonchev–Trinajstić information content (AvgIpc) is 2.79. The first-order valence-electron chi connectivity index (χ1n) is 10.6. The van der Waals surface area contributed by atoms with Gasteiger partial charge in [-0.1, -0.05) is 57.5 Å².